The van der Waals surface area contributed by atoms with Gasteiger partial charge in [0.05, 0.1) is 6.61 Å². The van der Waals surface area contributed by atoms with Gasteiger partial charge in [-0.3, -0.25) is 0 Å². The Balaban J connectivity index is 3.61. The molecular weight excluding hydrogens is 400 g/mol. The normalized spacial score (nSPS) is 12.2. The molecule has 194 valence electrons. The number of unbranched alkanes of at least 4 members (excludes halogenated alkanes) is 15. The lowest BCUT2D eigenvalue weighted by molar-refractivity contribution is 0.149. The Morgan fingerprint density at radius 2 is 0.906 bits per heavy atom. The molecule has 0 unspecified atom stereocenters. The Bertz CT molecular complexity index is 363. The summed E-state index contributed by atoms with van der Waals surface area (Å²) in [5.74, 6) is 0. The van der Waals surface area contributed by atoms with Gasteiger partial charge in [0.25, 0.3) is 0 Å². The second-order valence-electron chi connectivity index (χ2n) is 9.93. The van der Waals surface area contributed by atoms with E-state index in [0.717, 1.165) is 25.9 Å². The van der Waals surface area contributed by atoms with Crippen molar-refractivity contribution in [2.75, 3.05) is 39.5 Å². The summed E-state index contributed by atoms with van der Waals surface area (Å²) in [6.07, 6.45) is 23.8. The molecule has 0 aliphatic carbocycles. The average Bonchev–Trinajstić information content (AvgIpc) is 2.77. The summed E-state index contributed by atoms with van der Waals surface area (Å²) >= 11 is 0. The highest BCUT2D eigenvalue weighted by atomic mass is 16.3. The maximum atomic E-state index is 9.35. The smallest absolute Gasteiger partial charge is 0.0558 e. The molecule has 5 heteroatoms. The molecule has 5 N–H and O–H groups in total. The molecule has 0 rings (SSSR count). The fourth-order valence-electron chi connectivity index (χ4n) is 4.56. The zero-order valence-electron chi connectivity index (χ0n) is 21.5. The molecule has 0 amide bonds. The minimum atomic E-state index is -0.508. The predicted octanol–water partition coefficient (Wildman–Crippen LogP) is 5.39. The summed E-state index contributed by atoms with van der Waals surface area (Å²) in [5, 5.41) is 27.8. The third-order valence-corrected chi connectivity index (χ3v) is 6.89. The molecule has 5 nitrogen and oxygen atoms in total. The summed E-state index contributed by atoms with van der Waals surface area (Å²) in [5.41, 5.74) is 5.84. The summed E-state index contributed by atoms with van der Waals surface area (Å²) < 4.78 is 0. The fourth-order valence-corrected chi connectivity index (χ4v) is 4.56. The van der Waals surface area contributed by atoms with Gasteiger partial charge in [0.1, 0.15) is 0 Å². The standard InChI is InChI=1S/C27H58N2O3/c1-2-3-4-5-6-7-8-9-10-11-12-13-14-15-16-17-21-29(23-26-32)22-18-27(28,19-24-30)20-25-31/h30-32H,2-26,28H2,1H3. The lowest BCUT2D eigenvalue weighted by Gasteiger charge is -2.31. The molecule has 0 aromatic rings. The second kappa shape index (κ2) is 23.9. The van der Waals surface area contributed by atoms with Crippen LogP contribution >= 0.6 is 0 Å². The Morgan fingerprint density at radius 1 is 0.500 bits per heavy atom. The lowest BCUT2D eigenvalue weighted by atomic mass is 9.89. The van der Waals surface area contributed by atoms with E-state index in [1.54, 1.807) is 0 Å². The highest BCUT2D eigenvalue weighted by molar-refractivity contribution is 4.84. The SMILES string of the molecule is CCCCCCCCCCCCCCCCCCN(CCO)CCC(N)(CCO)CCO. The van der Waals surface area contributed by atoms with Crippen LogP contribution in [0.25, 0.3) is 0 Å². The second-order valence-corrected chi connectivity index (χ2v) is 9.93. The molecule has 0 spiro atoms. The molecule has 0 bridgehead atoms. The van der Waals surface area contributed by atoms with Crippen LogP contribution in [-0.2, 0) is 0 Å². The van der Waals surface area contributed by atoms with Gasteiger partial charge in [-0.05, 0) is 38.8 Å². The minimum absolute atomic E-state index is 0.0512. The molecule has 0 aliphatic heterocycles. The molecule has 0 heterocycles. The van der Waals surface area contributed by atoms with Crippen molar-refractivity contribution in [3.05, 3.63) is 0 Å². The van der Waals surface area contributed by atoms with Gasteiger partial charge in [0.15, 0.2) is 0 Å². The van der Waals surface area contributed by atoms with Gasteiger partial charge < -0.3 is 26.0 Å². The molecule has 0 atom stereocenters. The Kier molecular flexibility index (Phi) is 23.8. The number of nitrogens with zero attached hydrogens (tertiary/aromatic N) is 1. The minimum Gasteiger partial charge on any atom is -0.396 e. The first-order valence-corrected chi connectivity index (χ1v) is 14.0. The monoisotopic (exact) mass is 458 g/mol. The van der Waals surface area contributed by atoms with Gasteiger partial charge in [-0.1, -0.05) is 103 Å². The van der Waals surface area contributed by atoms with Crippen LogP contribution in [0.15, 0.2) is 0 Å². The third kappa shape index (κ3) is 20.4. The Morgan fingerprint density at radius 3 is 1.28 bits per heavy atom. The number of nitrogens with two attached hydrogens (primary N) is 1. The first-order valence-electron chi connectivity index (χ1n) is 14.0. The molecule has 32 heavy (non-hydrogen) atoms. The highest BCUT2D eigenvalue weighted by Gasteiger charge is 2.24. The van der Waals surface area contributed by atoms with E-state index >= 15 is 0 Å². The number of hydrogen-bond donors (Lipinski definition) is 4. The van der Waals surface area contributed by atoms with Crippen LogP contribution in [0.3, 0.4) is 0 Å². The molecule has 0 aliphatic rings. The number of aliphatic hydroxyl groups excluding tert-OH is 3. The highest BCUT2D eigenvalue weighted by Crippen LogP contribution is 2.18. The first-order chi connectivity index (χ1) is 15.6. The predicted molar refractivity (Wildman–Crippen MR) is 138 cm³/mol. The number of rotatable bonds is 26. The van der Waals surface area contributed by atoms with Crippen LogP contribution in [-0.4, -0.2) is 65.2 Å². The fraction of sp³-hybridized carbons (Fsp3) is 1.00. The van der Waals surface area contributed by atoms with E-state index in [4.69, 9.17) is 5.73 Å². The largest absolute Gasteiger partial charge is 0.396 e. The Labute approximate surface area is 200 Å². The van der Waals surface area contributed by atoms with Crippen LogP contribution in [0.2, 0.25) is 0 Å². The maximum Gasteiger partial charge on any atom is 0.0558 e. The van der Waals surface area contributed by atoms with Crippen molar-refractivity contribution in [2.24, 2.45) is 5.73 Å². The zero-order chi connectivity index (χ0) is 23.8. The van der Waals surface area contributed by atoms with Crippen LogP contribution in [0, 0.1) is 0 Å². The lowest BCUT2D eigenvalue weighted by Crippen LogP contribution is -2.45. The molecular formula is C27H58N2O3. The van der Waals surface area contributed by atoms with E-state index in [1.807, 2.05) is 0 Å². The van der Waals surface area contributed by atoms with E-state index in [-0.39, 0.29) is 19.8 Å². The van der Waals surface area contributed by atoms with Crippen molar-refractivity contribution in [3.8, 4) is 0 Å². The van der Waals surface area contributed by atoms with Gasteiger partial charge >= 0.3 is 0 Å². The molecule has 0 aromatic carbocycles. The quantitative estimate of drug-likeness (QED) is 0.130. The number of aliphatic hydroxyl groups is 3. The van der Waals surface area contributed by atoms with Crippen molar-refractivity contribution in [3.63, 3.8) is 0 Å². The van der Waals surface area contributed by atoms with Crippen molar-refractivity contribution in [2.45, 2.75) is 134 Å². The number of hydrogen-bond acceptors (Lipinski definition) is 5. The molecule has 0 saturated carbocycles. The Hall–Kier alpha value is -0.200. The zero-order valence-corrected chi connectivity index (χ0v) is 21.5. The molecule has 0 radical (unpaired) electrons. The third-order valence-electron chi connectivity index (χ3n) is 6.89. The van der Waals surface area contributed by atoms with Crippen molar-refractivity contribution < 1.29 is 15.3 Å². The summed E-state index contributed by atoms with van der Waals surface area (Å²) in [6.45, 7) is 5.03. The van der Waals surface area contributed by atoms with Gasteiger partial charge in [0.2, 0.25) is 0 Å². The molecule has 0 aromatic heterocycles. The van der Waals surface area contributed by atoms with Crippen molar-refractivity contribution in [1.29, 1.82) is 0 Å². The van der Waals surface area contributed by atoms with Crippen LogP contribution in [0.4, 0.5) is 0 Å². The summed E-state index contributed by atoms with van der Waals surface area (Å²) in [4.78, 5) is 2.28. The van der Waals surface area contributed by atoms with E-state index in [2.05, 4.69) is 11.8 Å². The van der Waals surface area contributed by atoms with Crippen molar-refractivity contribution >= 4 is 0 Å². The average molecular weight is 459 g/mol. The van der Waals surface area contributed by atoms with E-state index in [1.165, 1.54) is 96.3 Å². The summed E-state index contributed by atoms with van der Waals surface area (Å²) in [6, 6.07) is 0. The van der Waals surface area contributed by atoms with Gasteiger partial charge in [-0.15, -0.1) is 0 Å². The van der Waals surface area contributed by atoms with Crippen LogP contribution in [0.1, 0.15) is 129 Å². The van der Waals surface area contributed by atoms with Crippen LogP contribution < -0.4 is 5.73 Å². The topological polar surface area (TPSA) is 90.0 Å². The van der Waals surface area contributed by atoms with Crippen LogP contribution in [0.5, 0.6) is 0 Å². The van der Waals surface area contributed by atoms with E-state index in [9.17, 15) is 15.3 Å². The van der Waals surface area contributed by atoms with Gasteiger partial charge in [-0.2, -0.15) is 0 Å². The van der Waals surface area contributed by atoms with Gasteiger partial charge in [-0.25, -0.2) is 0 Å². The van der Waals surface area contributed by atoms with Crippen molar-refractivity contribution in [1.82, 2.24) is 4.90 Å². The first kappa shape index (κ1) is 31.8. The summed E-state index contributed by atoms with van der Waals surface area (Å²) in [7, 11) is 0. The van der Waals surface area contributed by atoms with E-state index in [0.29, 0.717) is 19.4 Å². The molecule has 0 fully saturated rings. The van der Waals surface area contributed by atoms with Gasteiger partial charge in [0, 0.05) is 25.3 Å². The van der Waals surface area contributed by atoms with E-state index < -0.39 is 5.54 Å². The maximum absolute atomic E-state index is 9.35. The molecule has 0 saturated heterocycles.